The van der Waals surface area contributed by atoms with Crippen LogP contribution in [0.2, 0.25) is 5.02 Å². The molecule has 0 aliphatic heterocycles. The molecule has 1 aromatic heterocycles. The largest absolute Gasteiger partial charge is 0.455 e. The van der Waals surface area contributed by atoms with Gasteiger partial charge in [-0.05, 0) is 29.1 Å². The second kappa shape index (κ2) is 5.12. The zero-order valence-electron chi connectivity index (χ0n) is 12.8. The van der Waals surface area contributed by atoms with Crippen molar-refractivity contribution in [1.29, 1.82) is 0 Å². The molecule has 0 saturated carbocycles. The zero-order valence-corrected chi connectivity index (χ0v) is 13.5. The Morgan fingerprint density at radius 2 is 1.42 bits per heavy atom. The summed E-state index contributed by atoms with van der Waals surface area (Å²) < 4.78 is 6.22. The van der Waals surface area contributed by atoms with Gasteiger partial charge in [0.05, 0.1) is 0 Å². The third-order valence-electron chi connectivity index (χ3n) is 4.55. The Kier molecular flexibility index (Phi) is 2.91. The fourth-order valence-electron chi connectivity index (χ4n) is 3.46. The van der Waals surface area contributed by atoms with Crippen LogP contribution < -0.4 is 0 Å². The molecular formula is C22H13ClO. The number of furan rings is 1. The number of rotatable bonds is 1. The first-order valence-corrected chi connectivity index (χ1v) is 8.28. The molecule has 0 saturated heterocycles. The maximum atomic E-state index is 6.44. The molecule has 0 atom stereocenters. The quantitative estimate of drug-likeness (QED) is 0.321. The average Bonchev–Trinajstić information content (AvgIpc) is 3.01. The van der Waals surface area contributed by atoms with E-state index < -0.39 is 0 Å². The predicted molar refractivity (Wildman–Crippen MR) is 102 cm³/mol. The topological polar surface area (TPSA) is 13.1 Å². The molecule has 0 spiro atoms. The van der Waals surface area contributed by atoms with Crippen LogP contribution in [-0.4, -0.2) is 0 Å². The van der Waals surface area contributed by atoms with Gasteiger partial charge >= 0.3 is 0 Å². The second-order valence-corrected chi connectivity index (χ2v) is 6.33. The molecule has 2 heteroatoms. The number of fused-ring (bicyclic) bond motifs is 5. The monoisotopic (exact) mass is 328 g/mol. The van der Waals surface area contributed by atoms with Crippen LogP contribution in [0.3, 0.4) is 0 Å². The normalized spacial score (nSPS) is 11.5. The summed E-state index contributed by atoms with van der Waals surface area (Å²) in [6.07, 6.45) is 0. The van der Waals surface area contributed by atoms with Crippen LogP contribution in [0.15, 0.2) is 83.3 Å². The molecule has 0 radical (unpaired) electrons. The van der Waals surface area contributed by atoms with Crippen molar-refractivity contribution in [1.82, 2.24) is 0 Å². The van der Waals surface area contributed by atoms with Crippen LogP contribution >= 0.6 is 11.6 Å². The van der Waals surface area contributed by atoms with Crippen molar-refractivity contribution < 1.29 is 4.42 Å². The average molecular weight is 329 g/mol. The minimum atomic E-state index is 0.750. The van der Waals surface area contributed by atoms with Crippen molar-refractivity contribution >= 4 is 44.3 Å². The highest BCUT2D eigenvalue weighted by molar-refractivity contribution is 6.34. The summed E-state index contributed by atoms with van der Waals surface area (Å²) in [7, 11) is 0. The van der Waals surface area contributed by atoms with E-state index in [2.05, 4.69) is 36.4 Å². The maximum Gasteiger partial charge on any atom is 0.143 e. The number of hydrogen-bond acceptors (Lipinski definition) is 1. The lowest BCUT2D eigenvalue weighted by Gasteiger charge is -2.06. The lowest BCUT2D eigenvalue weighted by molar-refractivity contribution is 0.673. The zero-order chi connectivity index (χ0) is 16.1. The molecule has 24 heavy (non-hydrogen) atoms. The molecule has 114 valence electrons. The lowest BCUT2D eigenvalue weighted by atomic mass is 9.98. The van der Waals surface area contributed by atoms with Gasteiger partial charge in [0, 0.05) is 26.7 Å². The van der Waals surface area contributed by atoms with E-state index in [9.17, 15) is 0 Å². The van der Waals surface area contributed by atoms with Gasteiger partial charge in [0.2, 0.25) is 0 Å². The van der Waals surface area contributed by atoms with Crippen LogP contribution in [0.4, 0.5) is 0 Å². The molecule has 0 amide bonds. The van der Waals surface area contributed by atoms with Crippen molar-refractivity contribution in [3.8, 4) is 11.1 Å². The Morgan fingerprint density at radius 3 is 2.33 bits per heavy atom. The van der Waals surface area contributed by atoms with Gasteiger partial charge in [-0.15, -0.1) is 0 Å². The smallest absolute Gasteiger partial charge is 0.143 e. The van der Waals surface area contributed by atoms with Crippen LogP contribution in [0.25, 0.3) is 43.8 Å². The molecule has 5 aromatic rings. The standard InChI is InChI=1S/C22H13ClO/c23-19-10-4-3-8-16(19)17-9-5-11-20-21(17)18-13-12-14-6-1-2-7-15(14)22(18)24-20/h1-13H. The molecule has 0 fully saturated rings. The van der Waals surface area contributed by atoms with Gasteiger partial charge in [0.1, 0.15) is 11.2 Å². The fourth-order valence-corrected chi connectivity index (χ4v) is 3.70. The highest BCUT2D eigenvalue weighted by Gasteiger charge is 2.15. The first kappa shape index (κ1) is 13.6. The molecule has 0 N–H and O–H groups in total. The summed E-state index contributed by atoms with van der Waals surface area (Å²) in [6, 6.07) is 26.7. The van der Waals surface area contributed by atoms with Crippen molar-refractivity contribution in [2.24, 2.45) is 0 Å². The van der Waals surface area contributed by atoms with E-state index in [-0.39, 0.29) is 0 Å². The van der Waals surface area contributed by atoms with Crippen molar-refractivity contribution in [2.75, 3.05) is 0 Å². The molecule has 0 bridgehead atoms. The fraction of sp³-hybridized carbons (Fsp3) is 0. The molecule has 1 heterocycles. The summed E-state index contributed by atoms with van der Waals surface area (Å²) in [5, 5.41) is 5.31. The van der Waals surface area contributed by atoms with E-state index in [4.69, 9.17) is 16.0 Å². The predicted octanol–water partition coefficient (Wildman–Crippen LogP) is 7.06. The van der Waals surface area contributed by atoms with Crippen molar-refractivity contribution in [3.05, 3.63) is 83.9 Å². The first-order chi connectivity index (χ1) is 11.8. The minimum Gasteiger partial charge on any atom is -0.455 e. The van der Waals surface area contributed by atoms with Crippen molar-refractivity contribution in [2.45, 2.75) is 0 Å². The molecule has 4 aromatic carbocycles. The minimum absolute atomic E-state index is 0.750. The van der Waals surface area contributed by atoms with E-state index in [0.29, 0.717) is 0 Å². The molecule has 0 aliphatic carbocycles. The van der Waals surface area contributed by atoms with Crippen molar-refractivity contribution in [3.63, 3.8) is 0 Å². The third kappa shape index (κ3) is 1.88. The van der Waals surface area contributed by atoms with E-state index in [1.807, 2.05) is 42.5 Å². The Morgan fingerprint density at radius 1 is 0.625 bits per heavy atom. The van der Waals surface area contributed by atoms with Gasteiger partial charge in [0.25, 0.3) is 0 Å². The summed E-state index contributed by atoms with van der Waals surface area (Å²) in [4.78, 5) is 0. The van der Waals surface area contributed by atoms with E-state index in [1.165, 1.54) is 5.39 Å². The SMILES string of the molecule is Clc1ccccc1-c1cccc2oc3c4ccccc4ccc3c12. The second-order valence-electron chi connectivity index (χ2n) is 5.92. The molecule has 1 nitrogen and oxygen atoms in total. The summed E-state index contributed by atoms with van der Waals surface area (Å²) >= 11 is 6.44. The lowest BCUT2D eigenvalue weighted by Crippen LogP contribution is -1.81. The third-order valence-corrected chi connectivity index (χ3v) is 4.88. The van der Waals surface area contributed by atoms with Crippen LogP contribution in [0, 0.1) is 0 Å². The van der Waals surface area contributed by atoms with Gasteiger partial charge in [-0.25, -0.2) is 0 Å². The van der Waals surface area contributed by atoms with Crippen LogP contribution in [0.1, 0.15) is 0 Å². The summed E-state index contributed by atoms with van der Waals surface area (Å²) in [6.45, 7) is 0. The number of halogens is 1. The molecular weight excluding hydrogens is 316 g/mol. The van der Waals surface area contributed by atoms with Crippen LogP contribution in [0.5, 0.6) is 0 Å². The molecule has 0 unspecified atom stereocenters. The number of benzene rings is 4. The Bertz CT molecular complexity index is 1220. The van der Waals surface area contributed by atoms with E-state index in [1.54, 1.807) is 0 Å². The van der Waals surface area contributed by atoms with Gasteiger partial charge in [-0.1, -0.05) is 72.3 Å². The van der Waals surface area contributed by atoms with E-state index in [0.717, 1.165) is 43.5 Å². The summed E-state index contributed by atoms with van der Waals surface area (Å²) in [5.74, 6) is 0. The molecule has 5 rings (SSSR count). The van der Waals surface area contributed by atoms with Gasteiger partial charge < -0.3 is 4.42 Å². The Labute approximate surface area is 144 Å². The van der Waals surface area contributed by atoms with Crippen LogP contribution in [-0.2, 0) is 0 Å². The van der Waals surface area contributed by atoms with E-state index >= 15 is 0 Å². The molecule has 0 aliphatic rings. The first-order valence-electron chi connectivity index (χ1n) is 7.91. The van der Waals surface area contributed by atoms with Gasteiger partial charge in [-0.3, -0.25) is 0 Å². The maximum absolute atomic E-state index is 6.44. The Balaban J connectivity index is 1.97. The highest BCUT2D eigenvalue weighted by Crippen LogP contribution is 2.40. The summed E-state index contributed by atoms with van der Waals surface area (Å²) in [5.41, 5.74) is 3.95. The highest BCUT2D eigenvalue weighted by atomic mass is 35.5. The Hall–Kier alpha value is -2.77. The number of hydrogen-bond donors (Lipinski definition) is 0. The van der Waals surface area contributed by atoms with Gasteiger partial charge in [-0.2, -0.15) is 0 Å². The van der Waals surface area contributed by atoms with Gasteiger partial charge in [0.15, 0.2) is 0 Å².